The van der Waals surface area contributed by atoms with E-state index in [4.69, 9.17) is 16.7 Å². The van der Waals surface area contributed by atoms with E-state index in [0.717, 1.165) is 5.56 Å². The van der Waals surface area contributed by atoms with Crippen LogP contribution in [0.1, 0.15) is 5.56 Å². The van der Waals surface area contributed by atoms with Gasteiger partial charge in [-0.15, -0.1) is 0 Å². The number of hydrogen-bond acceptors (Lipinski definition) is 5. The van der Waals surface area contributed by atoms with Gasteiger partial charge in [-0.3, -0.25) is 19.6 Å². The Kier molecular flexibility index (Phi) is 4.93. The van der Waals surface area contributed by atoms with Gasteiger partial charge in [0.15, 0.2) is 0 Å². The number of nitrogens with zero attached hydrogens (tertiary/aromatic N) is 3. The Morgan fingerprint density at radius 3 is 3.00 bits per heavy atom. The van der Waals surface area contributed by atoms with Gasteiger partial charge < -0.3 is 10.2 Å². The average Bonchev–Trinajstić information content (AvgIpc) is 2.72. The molecule has 0 unspecified atom stereocenters. The minimum absolute atomic E-state index is 0.0778. The fraction of sp³-hybridized carbons (Fsp3) is 0.538. The summed E-state index contributed by atoms with van der Waals surface area (Å²) >= 11 is 6.07. The summed E-state index contributed by atoms with van der Waals surface area (Å²) in [4.78, 5) is 18.4. The van der Waals surface area contributed by atoms with Crippen molar-refractivity contribution in [2.45, 2.75) is 18.7 Å². The van der Waals surface area contributed by atoms with Crippen molar-refractivity contribution in [1.29, 1.82) is 0 Å². The number of halogens is 1. The zero-order valence-corrected chi connectivity index (χ0v) is 12.0. The van der Waals surface area contributed by atoms with E-state index in [9.17, 15) is 9.90 Å². The highest BCUT2D eigenvalue weighted by Gasteiger charge is 2.34. The van der Waals surface area contributed by atoms with Gasteiger partial charge >= 0.3 is 5.97 Å². The highest BCUT2D eigenvalue weighted by Crippen LogP contribution is 2.21. The van der Waals surface area contributed by atoms with Gasteiger partial charge in [-0.05, 0) is 18.7 Å². The molecule has 0 radical (unpaired) electrons. The number of hydrogen-bond donors (Lipinski definition) is 2. The summed E-state index contributed by atoms with van der Waals surface area (Å²) in [5, 5.41) is 19.5. The summed E-state index contributed by atoms with van der Waals surface area (Å²) in [5.74, 6) is -0.893. The summed E-state index contributed by atoms with van der Waals surface area (Å²) in [5.41, 5.74) is 0.954. The first-order valence-corrected chi connectivity index (χ1v) is 6.76. The molecule has 1 aliphatic rings. The molecule has 1 saturated heterocycles. The second kappa shape index (κ2) is 6.49. The van der Waals surface area contributed by atoms with E-state index >= 15 is 0 Å². The molecule has 1 aromatic rings. The third-order valence-electron chi connectivity index (χ3n) is 3.54. The van der Waals surface area contributed by atoms with Crippen LogP contribution in [0.5, 0.6) is 0 Å². The zero-order chi connectivity index (χ0) is 14.7. The Morgan fingerprint density at radius 1 is 1.60 bits per heavy atom. The van der Waals surface area contributed by atoms with Crippen molar-refractivity contribution in [3.8, 4) is 0 Å². The number of carboxylic acids is 1. The van der Waals surface area contributed by atoms with E-state index < -0.39 is 12.1 Å². The summed E-state index contributed by atoms with van der Waals surface area (Å²) in [7, 11) is 1.71. The zero-order valence-electron chi connectivity index (χ0n) is 11.2. The minimum atomic E-state index is -0.893. The number of aliphatic hydroxyl groups is 1. The molecule has 1 aromatic heterocycles. The summed E-state index contributed by atoms with van der Waals surface area (Å²) in [6, 6.07) is 1.68. The molecule has 20 heavy (non-hydrogen) atoms. The molecule has 7 heteroatoms. The van der Waals surface area contributed by atoms with Crippen LogP contribution in [-0.4, -0.2) is 69.8 Å². The van der Waals surface area contributed by atoms with Gasteiger partial charge in [0, 0.05) is 38.1 Å². The molecule has 6 nitrogen and oxygen atoms in total. The van der Waals surface area contributed by atoms with Gasteiger partial charge in [-0.25, -0.2) is 0 Å². The highest BCUT2D eigenvalue weighted by molar-refractivity contribution is 6.31. The van der Waals surface area contributed by atoms with E-state index in [2.05, 4.69) is 9.88 Å². The first-order chi connectivity index (χ1) is 9.47. The minimum Gasteiger partial charge on any atom is -0.480 e. The summed E-state index contributed by atoms with van der Waals surface area (Å²) < 4.78 is 0. The first kappa shape index (κ1) is 15.2. The topological polar surface area (TPSA) is 76.9 Å². The molecule has 0 spiro atoms. The van der Waals surface area contributed by atoms with Crippen molar-refractivity contribution in [2.75, 3.05) is 26.7 Å². The number of aliphatic carboxylic acids is 1. The second-order valence-corrected chi connectivity index (χ2v) is 5.51. The van der Waals surface area contributed by atoms with Crippen LogP contribution in [0.3, 0.4) is 0 Å². The van der Waals surface area contributed by atoms with Gasteiger partial charge in [0.2, 0.25) is 0 Å². The van der Waals surface area contributed by atoms with Crippen LogP contribution >= 0.6 is 11.6 Å². The Balaban J connectivity index is 1.97. The van der Waals surface area contributed by atoms with E-state index in [1.807, 2.05) is 6.07 Å². The first-order valence-electron chi connectivity index (χ1n) is 6.38. The fourth-order valence-corrected chi connectivity index (χ4v) is 2.69. The van der Waals surface area contributed by atoms with Crippen LogP contribution in [0.15, 0.2) is 18.5 Å². The number of rotatable bonds is 5. The molecule has 2 N–H and O–H groups in total. The molecular formula is C13H18ClN3O3. The molecule has 0 aliphatic carbocycles. The Labute approximate surface area is 122 Å². The molecule has 0 aromatic carbocycles. The van der Waals surface area contributed by atoms with Crippen molar-refractivity contribution in [2.24, 2.45) is 0 Å². The molecule has 2 rings (SSSR count). The third kappa shape index (κ3) is 3.67. The van der Waals surface area contributed by atoms with Crippen molar-refractivity contribution < 1.29 is 15.0 Å². The Hall–Kier alpha value is -1.21. The number of pyridine rings is 1. The van der Waals surface area contributed by atoms with Crippen LogP contribution in [-0.2, 0) is 11.3 Å². The third-order valence-corrected chi connectivity index (χ3v) is 3.88. The van der Waals surface area contributed by atoms with E-state index in [1.54, 1.807) is 24.3 Å². The lowest BCUT2D eigenvalue weighted by Gasteiger charge is -2.24. The molecule has 110 valence electrons. The quantitative estimate of drug-likeness (QED) is 0.814. The maximum absolute atomic E-state index is 10.7. The van der Waals surface area contributed by atoms with Crippen molar-refractivity contribution in [3.63, 3.8) is 0 Å². The molecule has 1 aliphatic heterocycles. The number of carboxylic acid groups (broad SMARTS) is 1. The number of likely N-dealkylation sites (tertiary alicyclic amines) is 1. The second-order valence-electron chi connectivity index (χ2n) is 5.10. The van der Waals surface area contributed by atoms with Crippen LogP contribution in [0.4, 0.5) is 0 Å². The van der Waals surface area contributed by atoms with Gasteiger partial charge in [0.25, 0.3) is 0 Å². The predicted octanol–water partition coefficient (Wildman–Crippen LogP) is 0.296. The Bertz CT molecular complexity index is 486. The van der Waals surface area contributed by atoms with Gasteiger partial charge in [-0.1, -0.05) is 11.6 Å². The van der Waals surface area contributed by atoms with Gasteiger partial charge in [-0.2, -0.15) is 0 Å². The summed E-state index contributed by atoms with van der Waals surface area (Å²) in [6.07, 6.45) is 2.72. The molecule has 0 bridgehead atoms. The number of β-amino-alcohol motifs (C(OH)–C–C–N with tert-alkyl or cyclic N) is 1. The smallest absolute Gasteiger partial charge is 0.317 e. The lowest BCUT2D eigenvalue weighted by molar-refractivity contribution is -0.138. The number of carbonyl (C=O) groups is 1. The Morgan fingerprint density at radius 2 is 2.35 bits per heavy atom. The molecule has 2 heterocycles. The van der Waals surface area contributed by atoms with E-state index in [0.29, 0.717) is 24.7 Å². The molecule has 1 fully saturated rings. The number of aromatic nitrogens is 1. The van der Waals surface area contributed by atoms with Crippen LogP contribution in [0, 0.1) is 0 Å². The van der Waals surface area contributed by atoms with Gasteiger partial charge in [0.05, 0.1) is 17.7 Å². The standard InChI is InChI=1S/C13H18ClN3O3/c1-16(8-13(19)20)11-6-17(7-12(11)18)5-9-2-3-15-4-10(9)14/h2-4,11-12,18H,5-8H2,1H3,(H,19,20)/t11-,12+/m0/s1. The van der Waals surface area contributed by atoms with Crippen molar-refractivity contribution >= 4 is 17.6 Å². The lowest BCUT2D eigenvalue weighted by Crippen LogP contribution is -2.43. The predicted molar refractivity (Wildman–Crippen MR) is 74.6 cm³/mol. The maximum atomic E-state index is 10.7. The van der Waals surface area contributed by atoms with Gasteiger partial charge in [0.1, 0.15) is 0 Å². The maximum Gasteiger partial charge on any atom is 0.317 e. The van der Waals surface area contributed by atoms with Crippen LogP contribution in [0.25, 0.3) is 0 Å². The number of aliphatic hydroxyl groups excluding tert-OH is 1. The fourth-order valence-electron chi connectivity index (χ4n) is 2.51. The monoisotopic (exact) mass is 299 g/mol. The van der Waals surface area contributed by atoms with Crippen LogP contribution < -0.4 is 0 Å². The van der Waals surface area contributed by atoms with Crippen LogP contribution in [0.2, 0.25) is 5.02 Å². The molecule has 2 atom stereocenters. The normalized spacial score (nSPS) is 23.4. The molecular weight excluding hydrogens is 282 g/mol. The molecule has 0 saturated carbocycles. The average molecular weight is 300 g/mol. The molecule has 0 amide bonds. The summed E-state index contributed by atoms with van der Waals surface area (Å²) in [6.45, 7) is 1.66. The largest absolute Gasteiger partial charge is 0.480 e. The number of likely N-dealkylation sites (N-methyl/N-ethyl adjacent to an activating group) is 1. The van der Waals surface area contributed by atoms with Crippen molar-refractivity contribution in [3.05, 3.63) is 29.0 Å². The van der Waals surface area contributed by atoms with E-state index in [-0.39, 0.29) is 12.6 Å². The SMILES string of the molecule is CN(CC(=O)O)[C@H]1CN(Cc2ccncc2Cl)C[C@H]1O. The van der Waals surface area contributed by atoms with Crippen molar-refractivity contribution in [1.82, 2.24) is 14.8 Å². The highest BCUT2D eigenvalue weighted by atomic mass is 35.5. The lowest BCUT2D eigenvalue weighted by atomic mass is 10.2. The van der Waals surface area contributed by atoms with E-state index in [1.165, 1.54) is 0 Å².